The van der Waals surface area contributed by atoms with E-state index in [0.717, 1.165) is 30.5 Å². The van der Waals surface area contributed by atoms with E-state index < -0.39 is 0 Å². The number of fused-ring (bicyclic) bond motifs is 3. The largest absolute Gasteiger partial charge is 0.450 e. The molecule has 1 aliphatic heterocycles. The number of aliphatic hydroxyl groups is 1. The number of nitrogens with one attached hydrogen (secondary N) is 1. The molecule has 30 heavy (non-hydrogen) atoms. The fourth-order valence-corrected chi connectivity index (χ4v) is 3.95. The third kappa shape index (κ3) is 3.44. The predicted octanol–water partition coefficient (Wildman–Crippen LogP) is 2.63. The van der Waals surface area contributed by atoms with Crippen LogP contribution < -0.4 is 5.32 Å². The molecule has 4 aromatic rings. The number of hydrogen-bond acceptors (Lipinski definition) is 6. The molecule has 3 aromatic heterocycles. The number of carbonyl (C=O) groups is 1. The predicted molar refractivity (Wildman–Crippen MR) is 110 cm³/mol. The molecule has 1 fully saturated rings. The van der Waals surface area contributed by atoms with Crippen molar-refractivity contribution in [1.82, 2.24) is 20.1 Å². The summed E-state index contributed by atoms with van der Waals surface area (Å²) in [6, 6.07) is 9.45. The zero-order chi connectivity index (χ0) is 20.5. The third-order valence-electron chi connectivity index (χ3n) is 5.40. The highest BCUT2D eigenvalue weighted by Gasteiger charge is 2.24. The Kier molecular flexibility index (Phi) is 4.94. The van der Waals surface area contributed by atoms with Crippen molar-refractivity contribution in [3.63, 3.8) is 0 Å². The molecule has 2 N–H and O–H groups in total. The number of rotatable bonds is 6. The third-order valence-corrected chi connectivity index (χ3v) is 5.40. The molecular formula is C22H22N4O4. The molecule has 4 heterocycles. The number of furan rings is 1. The molecule has 0 aliphatic carbocycles. The number of ether oxygens (including phenoxy) is 1. The standard InChI is InChI=1S/C22H22N4O4/c27-13-17-19-18(30-21(17)22(28)24-10-16-5-3-9-29-16)7-6-14-11-26(25-20(14)19)12-15-4-1-2-8-23-15/h1-2,4,6-8,11,16,27H,3,5,9-10,12-13H2,(H,24,28)/t16-/m0/s1. The maximum Gasteiger partial charge on any atom is 0.287 e. The first-order valence-electron chi connectivity index (χ1n) is 10.0. The van der Waals surface area contributed by atoms with Crippen LogP contribution >= 0.6 is 0 Å². The number of pyridine rings is 1. The fraction of sp³-hybridized carbons (Fsp3) is 0.318. The second-order valence-electron chi connectivity index (χ2n) is 7.44. The molecule has 1 atom stereocenters. The Labute approximate surface area is 172 Å². The van der Waals surface area contributed by atoms with Gasteiger partial charge in [0.15, 0.2) is 5.76 Å². The molecule has 0 radical (unpaired) electrons. The average Bonchev–Trinajstić information content (AvgIpc) is 3.49. The highest BCUT2D eigenvalue weighted by Crippen LogP contribution is 2.32. The molecule has 1 amide bonds. The molecule has 0 saturated carbocycles. The lowest BCUT2D eigenvalue weighted by Gasteiger charge is -2.10. The van der Waals surface area contributed by atoms with Crippen LogP contribution in [0.1, 0.15) is 34.7 Å². The van der Waals surface area contributed by atoms with Crippen molar-refractivity contribution in [3.8, 4) is 0 Å². The van der Waals surface area contributed by atoms with Crippen LogP contribution in [-0.2, 0) is 17.9 Å². The van der Waals surface area contributed by atoms with Crippen LogP contribution in [0.2, 0.25) is 0 Å². The molecule has 1 aliphatic rings. The Bertz CT molecular complexity index is 1190. The molecule has 154 valence electrons. The topological polar surface area (TPSA) is 102 Å². The lowest BCUT2D eigenvalue weighted by Crippen LogP contribution is -2.32. The first-order valence-corrected chi connectivity index (χ1v) is 10.0. The fourth-order valence-electron chi connectivity index (χ4n) is 3.95. The van der Waals surface area contributed by atoms with Crippen molar-refractivity contribution in [2.45, 2.75) is 32.1 Å². The minimum absolute atomic E-state index is 0.0323. The maximum absolute atomic E-state index is 12.7. The summed E-state index contributed by atoms with van der Waals surface area (Å²) in [4.78, 5) is 17.1. The maximum atomic E-state index is 12.7. The molecule has 8 heteroatoms. The summed E-state index contributed by atoms with van der Waals surface area (Å²) in [7, 11) is 0. The van der Waals surface area contributed by atoms with Crippen molar-refractivity contribution < 1.29 is 19.1 Å². The van der Waals surface area contributed by atoms with Gasteiger partial charge in [-0.3, -0.25) is 14.5 Å². The minimum Gasteiger partial charge on any atom is -0.450 e. The van der Waals surface area contributed by atoms with Gasteiger partial charge in [-0.2, -0.15) is 5.10 Å². The van der Waals surface area contributed by atoms with E-state index in [0.29, 0.717) is 35.1 Å². The Morgan fingerprint density at radius 2 is 2.23 bits per heavy atom. The van der Waals surface area contributed by atoms with Gasteiger partial charge in [-0.15, -0.1) is 0 Å². The smallest absolute Gasteiger partial charge is 0.287 e. The van der Waals surface area contributed by atoms with Crippen LogP contribution in [0.5, 0.6) is 0 Å². The molecule has 0 unspecified atom stereocenters. The van der Waals surface area contributed by atoms with Gasteiger partial charge in [0.25, 0.3) is 5.91 Å². The Morgan fingerprint density at radius 1 is 1.30 bits per heavy atom. The SMILES string of the molecule is O=C(NC[C@@H]1CCCO1)c1oc2ccc3cn(Cc4ccccn4)nc3c2c1CO. The van der Waals surface area contributed by atoms with Crippen LogP contribution in [0.4, 0.5) is 0 Å². The van der Waals surface area contributed by atoms with E-state index in [1.807, 2.05) is 30.5 Å². The normalized spacial score (nSPS) is 16.5. The average molecular weight is 406 g/mol. The highest BCUT2D eigenvalue weighted by atomic mass is 16.5. The van der Waals surface area contributed by atoms with Crippen molar-refractivity contribution in [1.29, 1.82) is 0 Å². The Hall–Kier alpha value is -3.23. The van der Waals surface area contributed by atoms with Gasteiger partial charge >= 0.3 is 0 Å². The zero-order valence-electron chi connectivity index (χ0n) is 16.4. The van der Waals surface area contributed by atoms with Gasteiger partial charge in [0.2, 0.25) is 0 Å². The van der Waals surface area contributed by atoms with Crippen LogP contribution in [0.25, 0.3) is 21.9 Å². The van der Waals surface area contributed by atoms with E-state index in [2.05, 4.69) is 15.4 Å². The number of benzene rings is 1. The summed E-state index contributed by atoms with van der Waals surface area (Å²) in [5, 5.41) is 19.1. The van der Waals surface area contributed by atoms with Crippen LogP contribution in [0, 0.1) is 0 Å². The van der Waals surface area contributed by atoms with Crippen LogP contribution in [-0.4, -0.2) is 45.0 Å². The van der Waals surface area contributed by atoms with E-state index in [1.54, 1.807) is 16.9 Å². The molecule has 1 aromatic carbocycles. The quantitative estimate of drug-likeness (QED) is 0.510. The first-order chi connectivity index (χ1) is 14.7. The van der Waals surface area contributed by atoms with Crippen molar-refractivity contribution in [2.75, 3.05) is 13.2 Å². The summed E-state index contributed by atoms with van der Waals surface area (Å²) in [6.45, 7) is 1.36. The molecular weight excluding hydrogens is 384 g/mol. The lowest BCUT2D eigenvalue weighted by atomic mass is 10.1. The van der Waals surface area contributed by atoms with E-state index in [-0.39, 0.29) is 24.4 Å². The summed E-state index contributed by atoms with van der Waals surface area (Å²) >= 11 is 0. The number of nitrogens with zero attached hydrogens (tertiary/aromatic N) is 3. The van der Waals surface area contributed by atoms with Gasteiger partial charge in [0, 0.05) is 36.5 Å². The van der Waals surface area contributed by atoms with Crippen LogP contribution in [0.15, 0.2) is 47.1 Å². The van der Waals surface area contributed by atoms with Crippen LogP contribution in [0.3, 0.4) is 0 Å². The van der Waals surface area contributed by atoms with E-state index in [1.165, 1.54) is 0 Å². The highest BCUT2D eigenvalue weighted by molar-refractivity contribution is 6.09. The van der Waals surface area contributed by atoms with Crippen molar-refractivity contribution >= 4 is 27.8 Å². The number of amides is 1. The number of hydrogen-bond donors (Lipinski definition) is 2. The van der Waals surface area contributed by atoms with Gasteiger partial charge < -0.3 is 19.6 Å². The van der Waals surface area contributed by atoms with Crippen molar-refractivity contribution in [3.05, 3.63) is 59.7 Å². The van der Waals surface area contributed by atoms with Gasteiger partial charge in [-0.25, -0.2) is 0 Å². The minimum atomic E-state index is -0.355. The Balaban J connectivity index is 1.49. The molecule has 0 spiro atoms. The molecule has 5 rings (SSSR count). The van der Waals surface area contributed by atoms with E-state index in [4.69, 9.17) is 9.15 Å². The summed E-state index contributed by atoms with van der Waals surface area (Å²) in [5.74, 6) is -0.232. The number of aliphatic hydroxyl groups excluding tert-OH is 1. The van der Waals surface area contributed by atoms with Gasteiger partial charge in [0.05, 0.1) is 30.3 Å². The van der Waals surface area contributed by atoms with Gasteiger partial charge in [0.1, 0.15) is 11.1 Å². The first kappa shape index (κ1) is 18.8. The molecule has 8 nitrogen and oxygen atoms in total. The number of carbonyl (C=O) groups excluding carboxylic acids is 1. The van der Waals surface area contributed by atoms with E-state index >= 15 is 0 Å². The monoisotopic (exact) mass is 406 g/mol. The second-order valence-corrected chi connectivity index (χ2v) is 7.44. The summed E-state index contributed by atoms with van der Waals surface area (Å²) in [6.07, 6.45) is 5.64. The van der Waals surface area contributed by atoms with Crippen molar-refractivity contribution in [2.24, 2.45) is 0 Å². The molecule has 0 bridgehead atoms. The van der Waals surface area contributed by atoms with Gasteiger partial charge in [-0.05, 0) is 37.1 Å². The summed E-state index contributed by atoms with van der Waals surface area (Å²) in [5.41, 5.74) is 2.56. The van der Waals surface area contributed by atoms with E-state index in [9.17, 15) is 9.90 Å². The lowest BCUT2D eigenvalue weighted by molar-refractivity contribution is 0.0833. The molecule has 1 saturated heterocycles. The summed E-state index contributed by atoms with van der Waals surface area (Å²) < 4.78 is 13.2. The van der Waals surface area contributed by atoms with Gasteiger partial charge in [-0.1, -0.05) is 6.07 Å². The second kappa shape index (κ2) is 7.89. The number of aromatic nitrogens is 3. The zero-order valence-corrected chi connectivity index (χ0v) is 16.4. The Morgan fingerprint density at radius 3 is 3.00 bits per heavy atom.